The molecule has 0 aliphatic carbocycles. The second kappa shape index (κ2) is 8.01. The minimum atomic E-state index is -0.707. The van der Waals surface area contributed by atoms with Crippen molar-refractivity contribution in [3.63, 3.8) is 0 Å². The van der Waals surface area contributed by atoms with Gasteiger partial charge in [0.15, 0.2) is 0 Å². The van der Waals surface area contributed by atoms with Crippen LogP contribution in [0.15, 0.2) is 47.1 Å². The summed E-state index contributed by atoms with van der Waals surface area (Å²) in [5.41, 5.74) is 1.07. The lowest BCUT2D eigenvalue weighted by atomic mass is 10.1. The van der Waals surface area contributed by atoms with Crippen LogP contribution in [0, 0.1) is 0 Å². The summed E-state index contributed by atoms with van der Waals surface area (Å²) in [7, 11) is 0. The van der Waals surface area contributed by atoms with Crippen molar-refractivity contribution in [3.05, 3.63) is 59.0 Å². The number of aliphatic hydroxyl groups is 1. The van der Waals surface area contributed by atoms with Crippen LogP contribution in [-0.4, -0.2) is 17.1 Å². The Labute approximate surface area is 135 Å². The lowest BCUT2D eigenvalue weighted by Gasteiger charge is -2.16. The summed E-state index contributed by atoms with van der Waals surface area (Å²) in [5.74, 6) is 0.483. The first-order valence-electron chi connectivity index (χ1n) is 7.30. The molecule has 2 aromatic rings. The zero-order chi connectivity index (χ0) is 15.9. The van der Waals surface area contributed by atoms with Gasteiger partial charge in [-0.1, -0.05) is 23.7 Å². The summed E-state index contributed by atoms with van der Waals surface area (Å²) in [4.78, 5) is 11.9. The molecular formula is C17H20ClNO3. The van der Waals surface area contributed by atoms with Gasteiger partial charge in [0.2, 0.25) is 5.91 Å². The van der Waals surface area contributed by atoms with Crippen LogP contribution in [0.5, 0.6) is 0 Å². The molecule has 4 nitrogen and oxygen atoms in total. The number of amides is 1. The highest BCUT2D eigenvalue weighted by molar-refractivity contribution is 6.30. The fraction of sp³-hybridized carbons (Fsp3) is 0.353. The third-order valence-electron chi connectivity index (χ3n) is 3.41. The first kappa shape index (κ1) is 16.6. The molecule has 1 aromatic heterocycles. The average Bonchev–Trinajstić information content (AvgIpc) is 3.01. The fourth-order valence-corrected chi connectivity index (χ4v) is 2.37. The van der Waals surface area contributed by atoms with Gasteiger partial charge in [0.25, 0.3) is 0 Å². The van der Waals surface area contributed by atoms with Gasteiger partial charge in [-0.25, -0.2) is 0 Å². The second-order valence-electron chi connectivity index (χ2n) is 5.36. The lowest BCUT2D eigenvalue weighted by Crippen LogP contribution is -2.33. The molecule has 0 radical (unpaired) electrons. The van der Waals surface area contributed by atoms with Crippen molar-refractivity contribution in [3.8, 4) is 0 Å². The maximum Gasteiger partial charge on any atom is 0.220 e. The van der Waals surface area contributed by atoms with Crippen molar-refractivity contribution >= 4 is 17.5 Å². The van der Waals surface area contributed by atoms with E-state index in [1.165, 1.54) is 6.26 Å². The molecule has 5 heteroatoms. The number of nitrogens with one attached hydrogen (secondary N) is 1. The van der Waals surface area contributed by atoms with Crippen molar-refractivity contribution in [2.24, 2.45) is 0 Å². The van der Waals surface area contributed by atoms with Gasteiger partial charge in [-0.3, -0.25) is 4.79 Å². The standard InChI is InChI=1S/C17H20ClNO3/c1-12(11-15(20)16-3-2-10-22-16)19-17(21)9-6-13-4-7-14(18)8-5-13/h2-5,7-8,10,12,15,20H,6,9,11H2,1H3,(H,19,21). The molecular weight excluding hydrogens is 302 g/mol. The van der Waals surface area contributed by atoms with Gasteiger partial charge in [0.1, 0.15) is 11.9 Å². The van der Waals surface area contributed by atoms with Gasteiger partial charge in [0, 0.05) is 23.9 Å². The molecule has 0 spiro atoms. The van der Waals surface area contributed by atoms with Gasteiger partial charge in [0.05, 0.1) is 6.26 Å². The smallest absolute Gasteiger partial charge is 0.220 e. The SMILES string of the molecule is CC(CC(O)c1ccco1)NC(=O)CCc1ccc(Cl)cc1. The normalized spacial score (nSPS) is 13.6. The van der Waals surface area contributed by atoms with Crippen LogP contribution in [0.2, 0.25) is 5.02 Å². The summed E-state index contributed by atoms with van der Waals surface area (Å²) < 4.78 is 5.14. The van der Waals surface area contributed by atoms with E-state index >= 15 is 0 Å². The van der Waals surface area contributed by atoms with Gasteiger partial charge >= 0.3 is 0 Å². The number of furan rings is 1. The number of benzene rings is 1. The molecule has 118 valence electrons. The summed E-state index contributed by atoms with van der Waals surface area (Å²) in [5, 5.41) is 13.5. The molecule has 0 fully saturated rings. The van der Waals surface area contributed by atoms with Crippen molar-refractivity contribution in [1.82, 2.24) is 5.32 Å². The molecule has 0 bridgehead atoms. The Bertz CT molecular complexity index is 580. The molecule has 1 heterocycles. The zero-order valence-corrected chi connectivity index (χ0v) is 13.2. The van der Waals surface area contributed by atoms with E-state index in [4.69, 9.17) is 16.0 Å². The molecule has 0 saturated carbocycles. The van der Waals surface area contributed by atoms with Crippen molar-refractivity contribution in [2.75, 3.05) is 0 Å². The van der Waals surface area contributed by atoms with Gasteiger partial charge in [-0.05, 0) is 43.2 Å². The summed E-state index contributed by atoms with van der Waals surface area (Å²) >= 11 is 5.82. The fourth-order valence-electron chi connectivity index (χ4n) is 2.25. The van der Waals surface area contributed by atoms with Crippen LogP contribution in [-0.2, 0) is 11.2 Å². The van der Waals surface area contributed by atoms with Crippen molar-refractivity contribution in [1.29, 1.82) is 0 Å². The Kier molecular flexibility index (Phi) is 6.04. The highest BCUT2D eigenvalue weighted by Gasteiger charge is 2.16. The Morgan fingerprint density at radius 3 is 2.68 bits per heavy atom. The van der Waals surface area contributed by atoms with Gasteiger partial charge in [-0.15, -0.1) is 0 Å². The van der Waals surface area contributed by atoms with Crippen molar-refractivity contribution in [2.45, 2.75) is 38.3 Å². The van der Waals surface area contributed by atoms with Crippen molar-refractivity contribution < 1.29 is 14.3 Å². The Morgan fingerprint density at radius 1 is 1.32 bits per heavy atom. The average molecular weight is 322 g/mol. The third kappa shape index (κ3) is 5.20. The molecule has 1 aromatic carbocycles. The van der Waals surface area contributed by atoms with E-state index in [9.17, 15) is 9.90 Å². The van der Waals surface area contributed by atoms with Crippen LogP contribution in [0.4, 0.5) is 0 Å². The van der Waals surface area contributed by atoms with Gasteiger partial charge < -0.3 is 14.8 Å². The molecule has 22 heavy (non-hydrogen) atoms. The number of aliphatic hydroxyl groups excluding tert-OH is 1. The highest BCUT2D eigenvalue weighted by atomic mass is 35.5. The first-order chi connectivity index (χ1) is 10.5. The summed E-state index contributed by atoms with van der Waals surface area (Å²) in [6, 6.07) is 10.8. The maximum atomic E-state index is 11.9. The van der Waals surface area contributed by atoms with E-state index in [-0.39, 0.29) is 11.9 Å². The lowest BCUT2D eigenvalue weighted by molar-refractivity contribution is -0.121. The van der Waals surface area contributed by atoms with Gasteiger partial charge in [-0.2, -0.15) is 0 Å². The summed E-state index contributed by atoms with van der Waals surface area (Å²) in [6.45, 7) is 1.87. The number of aryl methyl sites for hydroxylation is 1. The number of halogens is 1. The predicted octanol–water partition coefficient (Wildman–Crippen LogP) is 3.49. The van der Waals surface area contributed by atoms with Crippen LogP contribution >= 0.6 is 11.6 Å². The summed E-state index contributed by atoms with van der Waals surface area (Å²) in [6.07, 6.45) is 2.30. The minimum absolute atomic E-state index is 0.0332. The Balaban J connectivity index is 1.73. The molecule has 2 N–H and O–H groups in total. The maximum absolute atomic E-state index is 11.9. The third-order valence-corrected chi connectivity index (χ3v) is 3.66. The largest absolute Gasteiger partial charge is 0.467 e. The monoisotopic (exact) mass is 321 g/mol. The number of carbonyl (C=O) groups is 1. The predicted molar refractivity (Wildman–Crippen MR) is 85.7 cm³/mol. The highest BCUT2D eigenvalue weighted by Crippen LogP contribution is 2.18. The first-order valence-corrected chi connectivity index (χ1v) is 7.67. The van der Waals surface area contributed by atoms with Crippen LogP contribution < -0.4 is 5.32 Å². The zero-order valence-electron chi connectivity index (χ0n) is 12.5. The Morgan fingerprint density at radius 2 is 2.05 bits per heavy atom. The van der Waals surface area contributed by atoms with E-state index in [2.05, 4.69) is 5.32 Å². The second-order valence-corrected chi connectivity index (χ2v) is 5.80. The molecule has 0 aliphatic rings. The van der Waals surface area contributed by atoms with E-state index in [0.717, 1.165) is 5.56 Å². The van der Waals surface area contributed by atoms with Crippen LogP contribution in [0.25, 0.3) is 0 Å². The number of hydrogen-bond acceptors (Lipinski definition) is 3. The Hall–Kier alpha value is -1.78. The quantitative estimate of drug-likeness (QED) is 0.820. The van der Waals surface area contributed by atoms with Crippen LogP contribution in [0.1, 0.15) is 37.2 Å². The number of hydrogen-bond donors (Lipinski definition) is 2. The molecule has 0 saturated heterocycles. The van der Waals surface area contributed by atoms with E-state index in [1.807, 2.05) is 31.2 Å². The molecule has 2 unspecified atom stereocenters. The molecule has 2 atom stereocenters. The molecule has 0 aliphatic heterocycles. The number of carbonyl (C=O) groups excluding carboxylic acids is 1. The topological polar surface area (TPSA) is 62.5 Å². The van der Waals surface area contributed by atoms with Crippen LogP contribution in [0.3, 0.4) is 0 Å². The molecule has 2 rings (SSSR count). The van der Waals surface area contributed by atoms with E-state index in [0.29, 0.717) is 30.0 Å². The molecule has 1 amide bonds. The van der Waals surface area contributed by atoms with E-state index < -0.39 is 6.10 Å². The minimum Gasteiger partial charge on any atom is -0.467 e. The van der Waals surface area contributed by atoms with E-state index in [1.54, 1.807) is 12.1 Å². The number of rotatable bonds is 7.